The molecule has 110 valence electrons. The van der Waals surface area contributed by atoms with Crippen molar-refractivity contribution in [3.63, 3.8) is 0 Å². The second kappa shape index (κ2) is 7.74. The van der Waals surface area contributed by atoms with Crippen LogP contribution >= 0.6 is 11.8 Å². The lowest BCUT2D eigenvalue weighted by molar-refractivity contribution is -0.384. The zero-order chi connectivity index (χ0) is 15.1. The number of rotatable bonds is 7. The van der Waals surface area contributed by atoms with Crippen molar-refractivity contribution < 1.29 is 9.72 Å². The summed E-state index contributed by atoms with van der Waals surface area (Å²) in [5.74, 6) is 0.654. The predicted molar refractivity (Wildman–Crippen MR) is 82.6 cm³/mol. The molecule has 0 radical (unpaired) electrons. The Morgan fingerprint density at radius 2 is 2.20 bits per heavy atom. The minimum Gasteiger partial charge on any atom is -0.382 e. The number of anilines is 1. The molecule has 0 aromatic heterocycles. The third-order valence-corrected chi connectivity index (χ3v) is 3.51. The van der Waals surface area contributed by atoms with Gasteiger partial charge >= 0.3 is 0 Å². The molecule has 0 aliphatic heterocycles. The van der Waals surface area contributed by atoms with E-state index in [4.69, 9.17) is 0 Å². The van der Waals surface area contributed by atoms with Crippen LogP contribution in [0.4, 0.5) is 11.4 Å². The lowest BCUT2D eigenvalue weighted by Gasteiger charge is -2.15. The van der Waals surface area contributed by atoms with Crippen molar-refractivity contribution in [3.8, 4) is 0 Å². The summed E-state index contributed by atoms with van der Waals surface area (Å²) in [5, 5.41) is 16.5. The fourth-order valence-corrected chi connectivity index (χ4v) is 2.40. The molecule has 1 aromatic carbocycles. The summed E-state index contributed by atoms with van der Waals surface area (Å²) in [6, 6.07) is 4.49. The molecule has 7 heteroatoms. The molecule has 1 unspecified atom stereocenters. The quantitative estimate of drug-likeness (QED) is 0.596. The molecule has 0 saturated heterocycles. The maximum atomic E-state index is 12.2. The highest BCUT2D eigenvalue weighted by molar-refractivity contribution is 7.98. The number of hydrogen-bond donors (Lipinski definition) is 2. The standard InChI is InChI=1S/C13H19N3O3S/c1-9(7-8-20-3)15-13(17)10-5-4-6-11(16(18)19)12(10)14-2/h4-6,9,14H,7-8H2,1-3H3,(H,15,17). The van der Waals surface area contributed by atoms with Gasteiger partial charge in [0.15, 0.2) is 0 Å². The van der Waals surface area contributed by atoms with Gasteiger partial charge in [0.1, 0.15) is 5.69 Å². The van der Waals surface area contributed by atoms with Gasteiger partial charge in [-0.05, 0) is 31.4 Å². The van der Waals surface area contributed by atoms with Gasteiger partial charge in [0, 0.05) is 19.2 Å². The summed E-state index contributed by atoms with van der Waals surface area (Å²) in [5.41, 5.74) is 0.432. The molecule has 0 fully saturated rings. The van der Waals surface area contributed by atoms with E-state index in [1.165, 1.54) is 12.1 Å². The molecule has 6 nitrogen and oxygen atoms in total. The lowest BCUT2D eigenvalue weighted by Crippen LogP contribution is -2.33. The van der Waals surface area contributed by atoms with E-state index in [2.05, 4.69) is 10.6 Å². The number of thioether (sulfide) groups is 1. The minimum atomic E-state index is -0.500. The van der Waals surface area contributed by atoms with Crippen molar-refractivity contribution in [2.75, 3.05) is 24.4 Å². The summed E-state index contributed by atoms with van der Waals surface area (Å²) in [7, 11) is 1.57. The van der Waals surface area contributed by atoms with E-state index in [1.54, 1.807) is 24.9 Å². The van der Waals surface area contributed by atoms with Gasteiger partial charge in [0.05, 0.1) is 10.5 Å². The fraction of sp³-hybridized carbons (Fsp3) is 0.462. The van der Waals surface area contributed by atoms with Gasteiger partial charge in [0.2, 0.25) is 0 Å². The van der Waals surface area contributed by atoms with Crippen molar-refractivity contribution in [1.29, 1.82) is 0 Å². The lowest BCUT2D eigenvalue weighted by atomic mass is 10.1. The Morgan fingerprint density at radius 3 is 2.75 bits per heavy atom. The molecule has 0 saturated carbocycles. The van der Waals surface area contributed by atoms with Crippen LogP contribution in [-0.4, -0.2) is 35.9 Å². The molecule has 0 spiro atoms. The van der Waals surface area contributed by atoms with Crippen molar-refractivity contribution in [3.05, 3.63) is 33.9 Å². The van der Waals surface area contributed by atoms with Gasteiger partial charge in [-0.15, -0.1) is 0 Å². The number of carbonyl (C=O) groups is 1. The Hall–Kier alpha value is -1.76. The molecule has 20 heavy (non-hydrogen) atoms. The van der Waals surface area contributed by atoms with Crippen LogP contribution in [0.25, 0.3) is 0 Å². The second-order valence-corrected chi connectivity index (χ2v) is 5.35. The highest BCUT2D eigenvalue weighted by Gasteiger charge is 2.21. The Labute approximate surface area is 122 Å². The topological polar surface area (TPSA) is 84.3 Å². The minimum absolute atomic E-state index is 0.0268. The maximum absolute atomic E-state index is 12.2. The average Bonchev–Trinajstić information content (AvgIpc) is 2.43. The van der Waals surface area contributed by atoms with Gasteiger partial charge < -0.3 is 10.6 Å². The Balaban J connectivity index is 2.93. The Morgan fingerprint density at radius 1 is 1.50 bits per heavy atom. The van der Waals surface area contributed by atoms with Crippen LogP contribution < -0.4 is 10.6 Å². The molecule has 0 heterocycles. The third kappa shape index (κ3) is 4.12. The second-order valence-electron chi connectivity index (χ2n) is 4.36. The van der Waals surface area contributed by atoms with E-state index in [0.29, 0.717) is 0 Å². The number of carbonyl (C=O) groups excluding carboxylic acids is 1. The van der Waals surface area contributed by atoms with Gasteiger partial charge in [-0.3, -0.25) is 14.9 Å². The first-order valence-electron chi connectivity index (χ1n) is 6.26. The van der Waals surface area contributed by atoms with E-state index in [0.717, 1.165) is 12.2 Å². The van der Waals surface area contributed by atoms with Crippen LogP contribution in [-0.2, 0) is 0 Å². The highest BCUT2D eigenvalue weighted by Crippen LogP contribution is 2.27. The fourth-order valence-electron chi connectivity index (χ4n) is 1.81. The zero-order valence-corrected chi connectivity index (χ0v) is 12.6. The smallest absolute Gasteiger partial charge is 0.293 e. The molecule has 1 aromatic rings. The van der Waals surface area contributed by atoms with Gasteiger partial charge in [-0.2, -0.15) is 11.8 Å². The van der Waals surface area contributed by atoms with Gasteiger partial charge in [-0.1, -0.05) is 6.07 Å². The Kier molecular flexibility index (Phi) is 6.30. The number of amides is 1. The molecular formula is C13H19N3O3S. The summed E-state index contributed by atoms with van der Waals surface area (Å²) in [4.78, 5) is 22.6. The van der Waals surface area contributed by atoms with E-state index >= 15 is 0 Å². The third-order valence-electron chi connectivity index (χ3n) is 2.87. The molecule has 1 amide bonds. The van der Waals surface area contributed by atoms with Crippen molar-refractivity contribution in [1.82, 2.24) is 5.32 Å². The summed E-state index contributed by atoms with van der Waals surface area (Å²) >= 11 is 1.71. The van der Waals surface area contributed by atoms with Crippen molar-refractivity contribution in [2.24, 2.45) is 0 Å². The summed E-state index contributed by atoms with van der Waals surface area (Å²) < 4.78 is 0. The van der Waals surface area contributed by atoms with Crippen LogP contribution in [0, 0.1) is 10.1 Å². The molecule has 1 atom stereocenters. The molecule has 0 bridgehead atoms. The number of nitro groups is 1. The van der Waals surface area contributed by atoms with E-state index in [-0.39, 0.29) is 28.9 Å². The van der Waals surface area contributed by atoms with Crippen molar-refractivity contribution >= 4 is 29.0 Å². The predicted octanol–water partition coefficient (Wildman–Crippen LogP) is 2.51. The van der Waals surface area contributed by atoms with Crippen LogP contribution in [0.2, 0.25) is 0 Å². The Bertz CT molecular complexity index is 494. The molecule has 0 aliphatic rings. The van der Waals surface area contributed by atoms with Crippen LogP contribution in [0.3, 0.4) is 0 Å². The van der Waals surface area contributed by atoms with Crippen molar-refractivity contribution in [2.45, 2.75) is 19.4 Å². The number of para-hydroxylation sites is 1. The number of nitro benzene ring substituents is 1. The molecular weight excluding hydrogens is 278 g/mol. The summed E-state index contributed by atoms with van der Waals surface area (Å²) in [6.45, 7) is 1.92. The normalized spacial score (nSPS) is 11.8. The maximum Gasteiger partial charge on any atom is 0.293 e. The largest absolute Gasteiger partial charge is 0.382 e. The average molecular weight is 297 g/mol. The summed E-state index contributed by atoms with van der Waals surface area (Å²) in [6.07, 6.45) is 2.87. The molecule has 2 N–H and O–H groups in total. The van der Waals surface area contributed by atoms with Gasteiger partial charge in [0.25, 0.3) is 11.6 Å². The number of nitrogens with zero attached hydrogens (tertiary/aromatic N) is 1. The monoisotopic (exact) mass is 297 g/mol. The zero-order valence-electron chi connectivity index (χ0n) is 11.8. The van der Waals surface area contributed by atoms with E-state index < -0.39 is 4.92 Å². The van der Waals surface area contributed by atoms with Crippen LogP contribution in [0.15, 0.2) is 18.2 Å². The highest BCUT2D eigenvalue weighted by atomic mass is 32.2. The number of nitrogens with one attached hydrogen (secondary N) is 2. The molecule has 0 aliphatic carbocycles. The van der Waals surface area contributed by atoms with Crippen LogP contribution in [0.1, 0.15) is 23.7 Å². The first kappa shape index (κ1) is 16.3. The molecule has 1 rings (SSSR count). The first-order valence-corrected chi connectivity index (χ1v) is 7.65. The van der Waals surface area contributed by atoms with Crippen LogP contribution in [0.5, 0.6) is 0 Å². The van der Waals surface area contributed by atoms with E-state index in [1.807, 2.05) is 13.2 Å². The SMILES string of the molecule is CNc1c(C(=O)NC(C)CCSC)cccc1[N+](=O)[O-]. The van der Waals surface area contributed by atoms with E-state index in [9.17, 15) is 14.9 Å². The van der Waals surface area contributed by atoms with Gasteiger partial charge in [-0.25, -0.2) is 0 Å². The first-order chi connectivity index (χ1) is 9.51. The number of hydrogen-bond acceptors (Lipinski definition) is 5. The number of benzene rings is 1.